The van der Waals surface area contributed by atoms with Gasteiger partial charge in [0.1, 0.15) is 6.54 Å². The van der Waals surface area contributed by atoms with Crippen LogP contribution in [0.2, 0.25) is 0 Å². The molecule has 120 valence electrons. The first-order chi connectivity index (χ1) is 9.28. The van der Waals surface area contributed by atoms with Crippen LogP contribution in [0.1, 0.15) is 23.7 Å². The molecule has 0 saturated carbocycles. The summed E-state index contributed by atoms with van der Waals surface area (Å²) in [5.74, 6) is -0.912. The van der Waals surface area contributed by atoms with E-state index in [1.165, 1.54) is 0 Å². The maximum absolute atomic E-state index is 11.8. The summed E-state index contributed by atoms with van der Waals surface area (Å²) in [6, 6.07) is 9.34. The van der Waals surface area contributed by atoms with Gasteiger partial charge >= 0.3 is 0 Å². The number of ketones is 1. The van der Waals surface area contributed by atoms with Crippen LogP contribution < -0.4 is 29.1 Å². The van der Waals surface area contributed by atoms with Gasteiger partial charge in [-0.15, -0.1) is 0 Å². The van der Waals surface area contributed by atoms with Gasteiger partial charge in [-0.2, -0.15) is 0 Å². The Kier molecular flexibility index (Phi) is 12.4. The van der Waals surface area contributed by atoms with Gasteiger partial charge in [0.25, 0.3) is 0 Å². The van der Waals surface area contributed by atoms with Crippen LogP contribution in [0.3, 0.4) is 0 Å². The molecule has 5 nitrogen and oxygen atoms in total. The van der Waals surface area contributed by atoms with Crippen LogP contribution in [0.25, 0.3) is 0 Å². The molecule has 0 aliphatic rings. The van der Waals surface area contributed by atoms with E-state index >= 15 is 0 Å². The zero-order chi connectivity index (χ0) is 15.6. The highest BCUT2D eigenvalue weighted by molar-refractivity contribution is 5.96. The number of halogens is 1. The number of aliphatic hydroxyl groups is 1. The van der Waals surface area contributed by atoms with Crippen molar-refractivity contribution < 1.29 is 48.3 Å². The summed E-state index contributed by atoms with van der Waals surface area (Å²) >= 11 is 0. The number of likely N-dealkylation sites (N-methyl/N-ethyl adjacent to an activating group) is 1. The Labute approximate surface area is 143 Å². The Balaban J connectivity index is 0. The second-order valence-corrected chi connectivity index (χ2v) is 5.14. The Morgan fingerprint density at radius 2 is 1.62 bits per heavy atom. The Morgan fingerprint density at radius 1 is 1.14 bits per heavy atom. The Bertz CT molecular complexity index is 417. The van der Waals surface area contributed by atoms with Gasteiger partial charge < -0.3 is 43.5 Å². The van der Waals surface area contributed by atoms with E-state index in [1.807, 2.05) is 44.4 Å². The molecule has 0 amide bonds. The minimum atomic E-state index is -1.08. The second-order valence-electron chi connectivity index (χ2n) is 5.14. The van der Waals surface area contributed by atoms with Gasteiger partial charge in [-0.25, -0.2) is 0 Å². The molecule has 0 atom stereocenters. The molecular formula is C15H23INO4-. The van der Waals surface area contributed by atoms with E-state index in [0.29, 0.717) is 17.4 Å². The van der Waals surface area contributed by atoms with Crippen LogP contribution >= 0.6 is 0 Å². The van der Waals surface area contributed by atoms with Crippen LogP contribution in [0, 0.1) is 0 Å². The summed E-state index contributed by atoms with van der Waals surface area (Å²) in [5, 5.41) is 17.8. The molecule has 6 heteroatoms. The number of carboxylic acid groups (broad SMARTS) is 1. The highest BCUT2D eigenvalue weighted by Crippen LogP contribution is 2.06. The van der Waals surface area contributed by atoms with Crippen molar-refractivity contribution in [3.63, 3.8) is 0 Å². The van der Waals surface area contributed by atoms with Gasteiger partial charge in [-0.3, -0.25) is 4.79 Å². The van der Waals surface area contributed by atoms with Gasteiger partial charge in [0.15, 0.2) is 5.78 Å². The molecule has 1 rings (SSSR count). The first kappa shape index (κ1) is 22.3. The van der Waals surface area contributed by atoms with E-state index in [9.17, 15) is 4.79 Å². The van der Waals surface area contributed by atoms with Crippen molar-refractivity contribution >= 4 is 11.8 Å². The van der Waals surface area contributed by atoms with E-state index in [1.54, 1.807) is 0 Å². The predicted molar refractivity (Wildman–Crippen MR) is 75.0 cm³/mol. The number of hydrogen-bond acceptors (Lipinski definition) is 4. The molecule has 0 unspecified atom stereocenters. The molecule has 1 aromatic carbocycles. The third-order valence-electron chi connectivity index (χ3n) is 2.75. The van der Waals surface area contributed by atoms with Gasteiger partial charge in [0.2, 0.25) is 0 Å². The highest BCUT2D eigenvalue weighted by Gasteiger charge is 2.16. The minimum Gasteiger partial charge on any atom is -1.00 e. The number of Topliss-reactive ketones (excluding diaryl/α,β-unsaturated/α-hetero) is 1. The standard InChI is InChI=1S/C13H20NO2.C2H4O2.HI/c1-14(2,10-11-15)9-8-13(16)12-6-4-3-5-7-12;1-2(3)4;/h3-7,15H,8-11H2,1-2H3;1H3,(H,3,4);1H/q+1;;/p-2. The fourth-order valence-corrected chi connectivity index (χ4v) is 1.56. The fraction of sp³-hybridized carbons (Fsp3) is 0.467. The van der Waals surface area contributed by atoms with Crippen molar-refractivity contribution in [1.82, 2.24) is 0 Å². The number of quaternary nitrogens is 1. The lowest BCUT2D eigenvalue weighted by molar-refractivity contribution is -0.889. The summed E-state index contributed by atoms with van der Waals surface area (Å²) in [4.78, 5) is 20.7. The van der Waals surface area contributed by atoms with Crippen molar-refractivity contribution in [3.05, 3.63) is 35.9 Å². The number of rotatable bonds is 6. The summed E-state index contributed by atoms with van der Waals surface area (Å²) < 4.78 is 0.676. The second kappa shape index (κ2) is 11.6. The van der Waals surface area contributed by atoms with Crippen LogP contribution in [-0.4, -0.2) is 55.1 Å². The van der Waals surface area contributed by atoms with Gasteiger partial charge in [-0.1, -0.05) is 30.3 Å². The summed E-state index contributed by atoms with van der Waals surface area (Å²) in [6.07, 6.45) is 0.525. The first-order valence-corrected chi connectivity index (χ1v) is 6.47. The van der Waals surface area contributed by atoms with Gasteiger partial charge in [-0.05, 0) is 6.92 Å². The molecule has 1 N–H and O–H groups in total. The fourth-order valence-electron chi connectivity index (χ4n) is 1.56. The van der Waals surface area contributed by atoms with E-state index in [4.69, 9.17) is 15.0 Å². The number of nitrogens with zero attached hydrogens (tertiary/aromatic N) is 1. The minimum absolute atomic E-state index is 0. The van der Waals surface area contributed by atoms with E-state index in [0.717, 1.165) is 19.0 Å². The molecule has 21 heavy (non-hydrogen) atoms. The summed E-state index contributed by atoms with van der Waals surface area (Å²) in [5.41, 5.74) is 0.770. The third-order valence-corrected chi connectivity index (χ3v) is 2.75. The number of benzene rings is 1. The highest BCUT2D eigenvalue weighted by atomic mass is 127. The molecule has 0 radical (unpaired) electrons. The topological polar surface area (TPSA) is 77.4 Å². The number of aliphatic carboxylic acids is 1. The Hall–Kier alpha value is -0.990. The van der Waals surface area contributed by atoms with Crippen LogP contribution in [-0.2, 0) is 4.79 Å². The van der Waals surface area contributed by atoms with Crippen molar-refractivity contribution in [2.75, 3.05) is 33.8 Å². The van der Waals surface area contributed by atoms with Crippen LogP contribution in [0.4, 0.5) is 0 Å². The molecule has 0 saturated heterocycles. The van der Waals surface area contributed by atoms with Crippen molar-refractivity contribution in [2.45, 2.75) is 13.3 Å². The predicted octanol–water partition coefficient (Wildman–Crippen LogP) is -2.91. The largest absolute Gasteiger partial charge is 1.00 e. The molecular weight excluding hydrogens is 385 g/mol. The number of aliphatic hydroxyl groups excluding tert-OH is 1. The van der Waals surface area contributed by atoms with Crippen molar-refractivity contribution in [3.8, 4) is 0 Å². The number of carboxylic acids is 1. The molecule has 0 aliphatic heterocycles. The van der Waals surface area contributed by atoms with E-state index in [-0.39, 0.29) is 36.4 Å². The molecule has 0 fully saturated rings. The monoisotopic (exact) mass is 408 g/mol. The lowest BCUT2D eigenvalue weighted by Crippen LogP contribution is -3.00. The van der Waals surface area contributed by atoms with E-state index < -0.39 is 5.97 Å². The molecule has 0 spiro atoms. The summed E-state index contributed by atoms with van der Waals surface area (Å²) in [7, 11) is 4.04. The Morgan fingerprint density at radius 3 is 2.05 bits per heavy atom. The lowest BCUT2D eigenvalue weighted by atomic mass is 10.1. The molecule has 0 bridgehead atoms. The van der Waals surface area contributed by atoms with E-state index in [2.05, 4.69) is 0 Å². The summed E-state index contributed by atoms with van der Waals surface area (Å²) in [6.45, 7) is 2.57. The molecule has 0 heterocycles. The van der Waals surface area contributed by atoms with Crippen LogP contribution in [0.15, 0.2) is 30.3 Å². The van der Waals surface area contributed by atoms with Gasteiger partial charge in [0.05, 0.1) is 33.7 Å². The average molecular weight is 408 g/mol. The van der Waals surface area contributed by atoms with Crippen molar-refractivity contribution in [2.24, 2.45) is 0 Å². The SMILES string of the molecule is CC(=O)[O-].C[N+](C)(CCO)CCC(=O)c1ccccc1.[I-]. The molecule has 0 aromatic heterocycles. The normalized spacial score (nSPS) is 9.90. The third kappa shape index (κ3) is 12.5. The first-order valence-electron chi connectivity index (χ1n) is 6.47. The zero-order valence-electron chi connectivity index (χ0n) is 12.7. The molecule has 1 aromatic rings. The maximum atomic E-state index is 11.8. The number of carbonyl (C=O) groups is 2. The smallest absolute Gasteiger partial charge is 0.168 e. The quantitative estimate of drug-likeness (QED) is 0.311. The number of carbonyl (C=O) groups excluding carboxylic acids is 2. The van der Waals surface area contributed by atoms with Crippen LogP contribution in [0.5, 0.6) is 0 Å². The average Bonchev–Trinajstić information content (AvgIpc) is 2.36. The van der Waals surface area contributed by atoms with Crippen molar-refractivity contribution in [1.29, 1.82) is 0 Å². The zero-order valence-corrected chi connectivity index (χ0v) is 14.9. The maximum Gasteiger partial charge on any atom is 0.168 e. The number of hydrogen-bond donors (Lipinski definition) is 1. The van der Waals surface area contributed by atoms with Gasteiger partial charge in [0, 0.05) is 11.5 Å². The lowest BCUT2D eigenvalue weighted by Gasteiger charge is -2.28. The molecule has 0 aliphatic carbocycles.